The molecule has 0 spiro atoms. The maximum Gasteiger partial charge on any atom is 0.133 e. The van der Waals surface area contributed by atoms with Crippen LogP contribution in [0, 0.1) is 0 Å². The predicted molar refractivity (Wildman–Crippen MR) is 76.2 cm³/mol. The van der Waals surface area contributed by atoms with Crippen molar-refractivity contribution in [2.45, 2.75) is 52.4 Å². The van der Waals surface area contributed by atoms with Crippen molar-refractivity contribution in [1.82, 2.24) is 3.90 Å². The molecule has 0 amide bonds. The van der Waals surface area contributed by atoms with Crippen LogP contribution in [-0.2, 0) is 0 Å². The lowest BCUT2D eigenvalue weighted by Gasteiger charge is -2.51. The highest BCUT2D eigenvalue weighted by Gasteiger charge is 2.42. The summed E-state index contributed by atoms with van der Waals surface area (Å²) in [4.78, 5) is 0. The minimum Gasteiger partial charge on any atom is -0.365 e. The van der Waals surface area contributed by atoms with Gasteiger partial charge in [-0.25, -0.2) is 0 Å². The standard InChI is InChI=1S/C10H27NSi3/c1-10-14(8,9)11(12(2,3)4)13(5,6)7/h10H,1H2,2-9H3. The molecule has 0 aliphatic rings. The van der Waals surface area contributed by atoms with Crippen molar-refractivity contribution in [3.63, 3.8) is 0 Å². The van der Waals surface area contributed by atoms with Crippen LogP contribution in [0.1, 0.15) is 0 Å². The topological polar surface area (TPSA) is 3.24 Å². The highest BCUT2D eigenvalue weighted by atomic mass is 28.5. The second kappa shape index (κ2) is 4.08. The van der Waals surface area contributed by atoms with Gasteiger partial charge in [0.25, 0.3) is 0 Å². The summed E-state index contributed by atoms with van der Waals surface area (Å²) in [5.74, 6) is 0. The first-order valence-electron chi connectivity index (χ1n) is 5.37. The maximum absolute atomic E-state index is 4.04. The van der Waals surface area contributed by atoms with Crippen LogP contribution in [0.2, 0.25) is 52.4 Å². The SMILES string of the molecule is C=C[Si](C)(C)N([Si](C)(C)C)[Si](C)(C)C. The van der Waals surface area contributed by atoms with Gasteiger partial charge in [-0.3, -0.25) is 0 Å². The van der Waals surface area contributed by atoms with E-state index in [0.717, 1.165) is 0 Å². The first kappa shape index (κ1) is 14.4. The zero-order valence-corrected chi connectivity index (χ0v) is 14.2. The normalized spacial score (nSPS) is 14.6. The van der Waals surface area contributed by atoms with Crippen LogP contribution < -0.4 is 0 Å². The van der Waals surface area contributed by atoms with E-state index in [1.807, 2.05) is 0 Å². The number of rotatable bonds is 4. The quantitative estimate of drug-likeness (QED) is 0.679. The van der Waals surface area contributed by atoms with Gasteiger partial charge in [0.2, 0.25) is 0 Å². The van der Waals surface area contributed by atoms with Crippen LogP contribution in [0.3, 0.4) is 0 Å². The van der Waals surface area contributed by atoms with Crippen LogP contribution in [0.5, 0.6) is 0 Å². The van der Waals surface area contributed by atoms with Crippen LogP contribution in [-0.4, -0.2) is 28.6 Å². The monoisotopic (exact) mass is 245 g/mol. The zero-order valence-electron chi connectivity index (χ0n) is 11.2. The molecule has 0 saturated carbocycles. The van der Waals surface area contributed by atoms with E-state index in [-0.39, 0.29) is 0 Å². The second-order valence-electron chi connectivity index (χ2n) is 6.53. The lowest BCUT2D eigenvalue weighted by Crippen LogP contribution is -2.69. The molecule has 0 fully saturated rings. The summed E-state index contributed by atoms with van der Waals surface area (Å²) in [6, 6.07) is 0. The molecule has 0 heterocycles. The Labute approximate surface area is 93.5 Å². The molecular formula is C10H27NSi3. The van der Waals surface area contributed by atoms with Crippen molar-refractivity contribution in [1.29, 1.82) is 0 Å². The van der Waals surface area contributed by atoms with E-state index < -0.39 is 24.7 Å². The van der Waals surface area contributed by atoms with Crippen LogP contribution in [0.25, 0.3) is 0 Å². The summed E-state index contributed by atoms with van der Waals surface area (Å²) in [7, 11) is -3.74. The van der Waals surface area contributed by atoms with E-state index in [2.05, 4.69) is 68.6 Å². The molecule has 0 aliphatic carbocycles. The van der Waals surface area contributed by atoms with Crippen LogP contribution >= 0.6 is 0 Å². The Morgan fingerprint density at radius 1 is 0.786 bits per heavy atom. The fraction of sp³-hybridized carbons (Fsp3) is 0.800. The molecule has 0 radical (unpaired) electrons. The van der Waals surface area contributed by atoms with Gasteiger partial charge in [-0.1, -0.05) is 58.1 Å². The second-order valence-corrected chi connectivity index (χ2v) is 21.6. The number of hydrogen-bond donors (Lipinski definition) is 0. The van der Waals surface area contributed by atoms with E-state index in [1.165, 1.54) is 0 Å². The minimum absolute atomic E-state index is 1.19. The van der Waals surface area contributed by atoms with E-state index in [4.69, 9.17) is 0 Å². The Morgan fingerprint density at radius 3 is 1.14 bits per heavy atom. The summed E-state index contributed by atoms with van der Waals surface area (Å²) in [5.41, 5.74) is 2.24. The Balaban J connectivity index is 5.24. The summed E-state index contributed by atoms with van der Waals surface area (Å²) < 4.78 is 2.92. The third-order valence-corrected chi connectivity index (χ3v) is 18.8. The Hall–Kier alpha value is 0.351. The number of nitrogens with zero attached hydrogens (tertiary/aromatic N) is 1. The molecule has 14 heavy (non-hydrogen) atoms. The highest BCUT2D eigenvalue weighted by molar-refractivity contribution is 7.05. The van der Waals surface area contributed by atoms with Crippen molar-refractivity contribution in [2.75, 3.05) is 0 Å². The molecule has 0 unspecified atom stereocenters. The molecule has 0 rings (SSSR count). The largest absolute Gasteiger partial charge is 0.365 e. The van der Waals surface area contributed by atoms with Gasteiger partial charge in [0.05, 0.1) is 0 Å². The fourth-order valence-corrected chi connectivity index (χ4v) is 25.4. The zero-order chi connectivity index (χ0) is 11.8. The van der Waals surface area contributed by atoms with Crippen LogP contribution in [0.15, 0.2) is 12.3 Å². The van der Waals surface area contributed by atoms with E-state index in [1.54, 1.807) is 0 Å². The van der Waals surface area contributed by atoms with Crippen molar-refractivity contribution in [2.24, 2.45) is 0 Å². The smallest absolute Gasteiger partial charge is 0.133 e. The molecule has 0 atom stereocenters. The Morgan fingerprint density at radius 2 is 1.07 bits per heavy atom. The van der Waals surface area contributed by atoms with Gasteiger partial charge < -0.3 is 3.90 Å². The summed E-state index contributed by atoms with van der Waals surface area (Å²) in [6.45, 7) is 23.7. The Bertz CT molecular complexity index is 196. The molecular weight excluding hydrogens is 218 g/mol. The highest BCUT2D eigenvalue weighted by Crippen LogP contribution is 2.27. The summed E-state index contributed by atoms with van der Waals surface area (Å²) >= 11 is 0. The molecule has 0 aromatic rings. The van der Waals surface area contributed by atoms with Gasteiger partial charge in [-0.15, -0.1) is 6.58 Å². The maximum atomic E-state index is 4.04. The van der Waals surface area contributed by atoms with Gasteiger partial charge in [0.1, 0.15) is 24.7 Å². The average molecular weight is 246 g/mol. The van der Waals surface area contributed by atoms with Gasteiger partial charge in [-0.05, 0) is 0 Å². The molecule has 0 bridgehead atoms. The average Bonchev–Trinajstić information content (AvgIpc) is 1.79. The minimum atomic E-state index is -1.36. The summed E-state index contributed by atoms with van der Waals surface area (Å²) in [6.07, 6.45) is 0. The Kier molecular flexibility index (Phi) is 4.18. The third-order valence-electron chi connectivity index (χ3n) is 2.42. The molecule has 0 aromatic heterocycles. The third kappa shape index (κ3) is 3.49. The van der Waals surface area contributed by atoms with E-state index in [9.17, 15) is 0 Å². The van der Waals surface area contributed by atoms with Crippen molar-refractivity contribution < 1.29 is 0 Å². The van der Waals surface area contributed by atoms with E-state index >= 15 is 0 Å². The summed E-state index contributed by atoms with van der Waals surface area (Å²) in [5, 5.41) is 0. The molecule has 0 N–H and O–H groups in total. The van der Waals surface area contributed by atoms with Crippen molar-refractivity contribution in [3.8, 4) is 0 Å². The molecule has 0 aromatic carbocycles. The lowest BCUT2D eigenvalue weighted by molar-refractivity contribution is 0.909. The van der Waals surface area contributed by atoms with Gasteiger partial charge in [0, 0.05) is 0 Å². The molecule has 84 valence electrons. The first-order chi connectivity index (χ1) is 5.93. The van der Waals surface area contributed by atoms with Crippen molar-refractivity contribution >= 4 is 24.7 Å². The first-order valence-corrected chi connectivity index (χ1v) is 15.3. The fourth-order valence-electron chi connectivity index (χ4n) is 2.83. The van der Waals surface area contributed by atoms with E-state index in [0.29, 0.717) is 0 Å². The van der Waals surface area contributed by atoms with Crippen LogP contribution in [0.4, 0.5) is 0 Å². The van der Waals surface area contributed by atoms with Crippen molar-refractivity contribution in [3.05, 3.63) is 12.3 Å². The molecule has 0 saturated heterocycles. The predicted octanol–water partition coefficient (Wildman–Crippen LogP) is 3.89. The molecule has 4 heteroatoms. The molecule has 0 aliphatic heterocycles. The van der Waals surface area contributed by atoms with Gasteiger partial charge >= 0.3 is 0 Å². The molecule has 1 nitrogen and oxygen atoms in total. The number of hydrogen-bond acceptors (Lipinski definition) is 1. The van der Waals surface area contributed by atoms with Gasteiger partial charge in [-0.2, -0.15) is 0 Å². The van der Waals surface area contributed by atoms with Gasteiger partial charge in [0.15, 0.2) is 0 Å². The lowest BCUT2D eigenvalue weighted by atomic mass is 11.3.